The highest BCUT2D eigenvalue weighted by Crippen LogP contribution is 2.24. The zero-order valence-electron chi connectivity index (χ0n) is 26.6. The Bertz CT molecular complexity index is 715. The van der Waals surface area contributed by atoms with Crippen molar-refractivity contribution in [3.05, 3.63) is 70.8 Å². The van der Waals surface area contributed by atoms with Crippen LogP contribution in [0.25, 0.3) is 0 Å². The number of aryl methyl sites for hydroxylation is 2. The minimum absolute atomic E-state index is 0.273. The first-order valence-electron chi connectivity index (χ1n) is 14.7. The average molecular weight is 499 g/mol. The van der Waals surface area contributed by atoms with Crippen LogP contribution < -0.4 is 0 Å². The maximum atomic E-state index is 10.4. The summed E-state index contributed by atoms with van der Waals surface area (Å²) in [6.45, 7) is 27.4. The summed E-state index contributed by atoms with van der Waals surface area (Å²) in [5.41, 5.74) is 5.91. The third kappa shape index (κ3) is 22.6. The van der Waals surface area contributed by atoms with Crippen molar-refractivity contribution >= 4 is 5.78 Å². The Morgan fingerprint density at radius 2 is 1.25 bits per heavy atom. The molecule has 208 valence electrons. The van der Waals surface area contributed by atoms with E-state index in [9.17, 15) is 4.79 Å². The largest absolute Gasteiger partial charge is 0.300 e. The molecule has 0 fully saturated rings. The Kier molecular flexibility index (Phi) is 26.6. The van der Waals surface area contributed by atoms with E-state index in [4.69, 9.17) is 0 Å². The number of carbonyl (C=O) groups is 1. The molecule has 2 aromatic rings. The predicted molar refractivity (Wildman–Crippen MR) is 167 cm³/mol. The summed E-state index contributed by atoms with van der Waals surface area (Å²) in [5.74, 6) is 0.958. The molecule has 0 amide bonds. The van der Waals surface area contributed by atoms with Crippen molar-refractivity contribution in [1.82, 2.24) is 0 Å². The van der Waals surface area contributed by atoms with Crippen LogP contribution in [0.15, 0.2) is 48.5 Å². The molecule has 0 aliphatic rings. The summed E-state index contributed by atoms with van der Waals surface area (Å²) in [5, 5.41) is 0. The fourth-order valence-corrected chi connectivity index (χ4v) is 3.21. The molecule has 0 saturated heterocycles. The standard InChI is InChI=1S/C13H20.C10H14.C8H16O.2C2H6/c1-10(2)11-6-8-12(9-7-11)13(3,4)5;1-3-4-10-7-5-9(2)6-8-10;1-3-4-5-6-7-8(2)9;2*1-2/h6-10H,1-5H3;5-8H,3-4H2,1-2H3;3-7H2,1-2H3;2*1-2H3. The summed E-state index contributed by atoms with van der Waals surface area (Å²) in [7, 11) is 0. The molecule has 1 nitrogen and oxygen atoms in total. The van der Waals surface area contributed by atoms with Gasteiger partial charge in [-0.1, -0.05) is 156 Å². The van der Waals surface area contributed by atoms with Crippen LogP contribution >= 0.6 is 0 Å². The van der Waals surface area contributed by atoms with Gasteiger partial charge in [0.2, 0.25) is 0 Å². The number of hydrogen-bond acceptors (Lipinski definition) is 1. The van der Waals surface area contributed by atoms with Crippen molar-refractivity contribution in [3.63, 3.8) is 0 Å². The molecule has 0 atom stereocenters. The zero-order chi connectivity index (χ0) is 28.6. The number of carbonyl (C=O) groups excluding carboxylic acids is 1. The van der Waals surface area contributed by atoms with Gasteiger partial charge in [0.15, 0.2) is 0 Å². The highest BCUT2D eigenvalue weighted by molar-refractivity contribution is 5.75. The molecule has 0 heterocycles. The van der Waals surface area contributed by atoms with Gasteiger partial charge in [-0.2, -0.15) is 0 Å². The normalized spacial score (nSPS) is 9.83. The quantitative estimate of drug-likeness (QED) is 0.331. The maximum absolute atomic E-state index is 10.4. The molecule has 0 aliphatic heterocycles. The molecule has 0 aliphatic carbocycles. The van der Waals surface area contributed by atoms with Crippen molar-refractivity contribution in [2.75, 3.05) is 0 Å². The summed E-state index contributed by atoms with van der Waals surface area (Å²) in [6.07, 6.45) is 8.05. The van der Waals surface area contributed by atoms with E-state index in [2.05, 4.69) is 104 Å². The number of Topliss-reactive ketones (excluding diaryl/α,β-unsaturated/α-hetero) is 1. The second-order valence-electron chi connectivity index (χ2n) is 10.3. The van der Waals surface area contributed by atoms with E-state index in [0.717, 1.165) is 12.8 Å². The molecule has 2 aromatic carbocycles. The fraction of sp³-hybridized carbons (Fsp3) is 0.629. The Hall–Kier alpha value is -1.89. The van der Waals surface area contributed by atoms with E-state index in [0.29, 0.717) is 11.7 Å². The van der Waals surface area contributed by atoms with Crippen molar-refractivity contribution in [1.29, 1.82) is 0 Å². The van der Waals surface area contributed by atoms with E-state index in [-0.39, 0.29) is 5.41 Å². The summed E-state index contributed by atoms with van der Waals surface area (Å²) in [4.78, 5) is 10.4. The first-order valence-corrected chi connectivity index (χ1v) is 14.7. The highest BCUT2D eigenvalue weighted by atomic mass is 16.1. The van der Waals surface area contributed by atoms with Crippen LogP contribution in [0.5, 0.6) is 0 Å². The van der Waals surface area contributed by atoms with Crippen molar-refractivity contribution in [2.45, 2.75) is 146 Å². The molecule has 0 aromatic heterocycles. The molecule has 0 bridgehead atoms. The van der Waals surface area contributed by atoms with E-state index in [1.165, 1.54) is 54.4 Å². The van der Waals surface area contributed by atoms with Gasteiger partial charge in [-0.3, -0.25) is 0 Å². The Balaban J connectivity index is -0.000000431. The van der Waals surface area contributed by atoms with Crippen LogP contribution in [0.1, 0.15) is 150 Å². The number of rotatable bonds is 8. The van der Waals surface area contributed by atoms with Gasteiger partial charge in [-0.25, -0.2) is 0 Å². The SMILES string of the molecule is CC.CC.CC(C)c1ccc(C(C)(C)C)cc1.CCCCCCC(C)=O.CCCc1ccc(C)cc1. The Morgan fingerprint density at radius 3 is 1.61 bits per heavy atom. The minimum Gasteiger partial charge on any atom is -0.300 e. The summed E-state index contributed by atoms with van der Waals surface area (Å²) >= 11 is 0. The Labute approximate surface area is 227 Å². The van der Waals surface area contributed by atoms with Crippen LogP contribution in [0.4, 0.5) is 0 Å². The molecule has 2 rings (SSSR count). The highest BCUT2D eigenvalue weighted by Gasteiger charge is 2.12. The molecule has 0 N–H and O–H groups in total. The number of benzene rings is 2. The van der Waals surface area contributed by atoms with Gasteiger partial charge in [0.1, 0.15) is 5.78 Å². The second-order valence-corrected chi connectivity index (χ2v) is 10.3. The van der Waals surface area contributed by atoms with Gasteiger partial charge < -0.3 is 4.79 Å². The molecule has 0 saturated carbocycles. The van der Waals surface area contributed by atoms with Crippen molar-refractivity contribution < 1.29 is 4.79 Å². The molecule has 0 spiro atoms. The molecule has 1 heteroatoms. The molecule has 0 radical (unpaired) electrons. The van der Waals surface area contributed by atoms with Crippen LogP contribution in [0.3, 0.4) is 0 Å². The van der Waals surface area contributed by atoms with Crippen LogP contribution in [-0.2, 0) is 16.6 Å². The number of ketones is 1. The molecule has 36 heavy (non-hydrogen) atoms. The van der Waals surface area contributed by atoms with Gasteiger partial charge in [0.25, 0.3) is 0 Å². The summed E-state index contributed by atoms with van der Waals surface area (Å²) in [6, 6.07) is 17.7. The topological polar surface area (TPSA) is 17.1 Å². The lowest BCUT2D eigenvalue weighted by Gasteiger charge is -2.19. The van der Waals surface area contributed by atoms with Crippen molar-refractivity contribution in [2.24, 2.45) is 0 Å². The van der Waals surface area contributed by atoms with Crippen LogP contribution in [0, 0.1) is 6.92 Å². The Morgan fingerprint density at radius 1 is 0.750 bits per heavy atom. The van der Waals surface area contributed by atoms with Gasteiger partial charge in [0.05, 0.1) is 0 Å². The molecular weight excluding hydrogens is 436 g/mol. The van der Waals surface area contributed by atoms with E-state index in [1.54, 1.807) is 6.92 Å². The first kappa shape index (κ1) is 38.6. The molecule has 0 unspecified atom stereocenters. The van der Waals surface area contributed by atoms with E-state index >= 15 is 0 Å². The van der Waals surface area contributed by atoms with Gasteiger partial charge >= 0.3 is 0 Å². The lowest BCUT2D eigenvalue weighted by molar-refractivity contribution is -0.117. The lowest BCUT2D eigenvalue weighted by Crippen LogP contribution is -2.10. The van der Waals surface area contributed by atoms with Gasteiger partial charge in [-0.15, -0.1) is 0 Å². The van der Waals surface area contributed by atoms with Gasteiger partial charge in [-0.05, 0) is 54.7 Å². The predicted octanol–water partition coefficient (Wildman–Crippen LogP) is 11.7. The average Bonchev–Trinajstić information content (AvgIpc) is 2.86. The van der Waals surface area contributed by atoms with Crippen LogP contribution in [0.2, 0.25) is 0 Å². The van der Waals surface area contributed by atoms with E-state index in [1.807, 2.05) is 27.7 Å². The lowest BCUT2D eigenvalue weighted by atomic mass is 9.86. The zero-order valence-corrected chi connectivity index (χ0v) is 26.6. The summed E-state index contributed by atoms with van der Waals surface area (Å²) < 4.78 is 0. The third-order valence-corrected chi connectivity index (χ3v) is 5.49. The number of unbranched alkanes of at least 4 members (excludes halogenated alkanes) is 3. The van der Waals surface area contributed by atoms with Gasteiger partial charge in [0, 0.05) is 6.42 Å². The smallest absolute Gasteiger partial charge is 0.129 e. The van der Waals surface area contributed by atoms with Crippen LogP contribution in [-0.4, -0.2) is 5.78 Å². The van der Waals surface area contributed by atoms with Crippen molar-refractivity contribution in [3.8, 4) is 0 Å². The first-order chi connectivity index (χ1) is 17.0. The second kappa shape index (κ2) is 24.8. The maximum Gasteiger partial charge on any atom is 0.129 e. The third-order valence-electron chi connectivity index (χ3n) is 5.49. The number of hydrogen-bond donors (Lipinski definition) is 0. The monoisotopic (exact) mass is 498 g/mol. The minimum atomic E-state index is 0.273. The molecular formula is C35H62O. The van der Waals surface area contributed by atoms with E-state index < -0.39 is 0 Å². The fourth-order valence-electron chi connectivity index (χ4n) is 3.21.